The fourth-order valence-electron chi connectivity index (χ4n) is 4.00. The van der Waals surface area contributed by atoms with Crippen LogP contribution in [0.4, 0.5) is 0 Å². The molecule has 0 fully saturated rings. The Balaban J connectivity index is 0.000000171. The molecule has 0 bridgehead atoms. The number of hydrogen-bond donors (Lipinski definition) is 0. The molecule has 0 unspecified atom stereocenters. The fraction of sp³-hybridized carbons (Fsp3) is 0.294. The third-order valence-corrected chi connectivity index (χ3v) is 6.21. The Labute approximate surface area is 223 Å². The van der Waals surface area contributed by atoms with Crippen molar-refractivity contribution in [1.82, 2.24) is 4.90 Å². The minimum absolute atomic E-state index is 0.625. The third kappa shape index (κ3) is 9.02. The largest absolute Gasteiger partial charge is 0.494 e. The smallest absolute Gasteiger partial charge is 0.161 e. The lowest BCUT2D eigenvalue weighted by molar-refractivity contribution is 0.132. The number of allylic oxidation sites excluding steroid dienone is 5. The van der Waals surface area contributed by atoms with Crippen LogP contribution in [0.25, 0.3) is 0 Å². The van der Waals surface area contributed by atoms with Gasteiger partial charge in [-0.1, -0.05) is 96.4 Å². The summed E-state index contributed by atoms with van der Waals surface area (Å²) in [6.07, 6.45) is 10.8. The summed E-state index contributed by atoms with van der Waals surface area (Å²) in [6, 6.07) is 24.9. The van der Waals surface area contributed by atoms with Gasteiger partial charge in [0.15, 0.2) is 6.73 Å². The first kappa shape index (κ1) is 27.9. The lowest BCUT2D eigenvalue weighted by Gasteiger charge is -2.31. The van der Waals surface area contributed by atoms with Crippen LogP contribution >= 0.6 is 0 Å². The van der Waals surface area contributed by atoms with Crippen LogP contribution in [-0.2, 0) is 13.0 Å². The van der Waals surface area contributed by atoms with E-state index in [9.17, 15) is 0 Å². The van der Waals surface area contributed by atoms with Crippen LogP contribution < -0.4 is 9.47 Å². The number of ether oxygens (including phenoxy) is 2. The van der Waals surface area contributed by atoms with Gasteiger partial charge in [0, 0.05) is 17.8 Å². The third-order valence-electron chi connectivity index (χ3n) is 6.21. The molecule has 0 aromatic heterocycles. The first-order valence-electron chi connectivity index (χ1n) is 13.2. The molecule has 1 aliphatic heterocycles. The maximum atomic E-state index is 5.79. The van der Waals surface area contributed by atoms with E-state index in [1.54, 1.807) is 0 Å². The van der Waals surface area contributed by atoms with Crippen molar-refractivity contribution in [1.29, 1.82) is 0 Å². The van der Waals surface area contributed by atoms with E-state index < -0.39 is 0 Å². The number of hydrogen-bond acceptors (Lipinski definition) is 3. The van der Waals surface area contributed by atoms with Crippen LogP contribution in [0.2, 0.25) is 0 Å². The van der Waals surface area contributed by atoms with Gasteiger partial charge >= 0.3 is 0 Å². The molecule has 0 spiro atoms. The molecular weight excluding hydrogens is 454 g/mol. The lowest BCUT2D eigenvalue weighted by Crippen LogP contribution is -2.30. The summed E-state index contributed by atoms with van der Waals surface area (Å²) in [5.74, 6) is 2.04. The van der Waals surface area contributed by atoms with Crippen molar-refractivity contribution in [3.8, 4) is 11.5 Å². The van der Waals surface area contributed by atoms with Crippen LogP contribution in [0.5, 0.6) is 11.5 Å². The molecule has 0 saturated carbocycles. The second kappa shape index (κ2) is 14.7. The standard InChI is InChI=1S/C16H17NO.C10H14O.C8H10/c1-13-5-4-7-15(10-9-13)17-11-14-6-2-3-8-16(14)18-12-17;1-3-9-7-5-6-8-10(9)11-4-2;1-7-3-5-8(2)6-4-7/h2-4,6-10H,5,11-12H2,1H3;5-8H,3-4H2,1-2H3;3-6H,1-2H3. The Hall–Kier alpha value is -3.72. The van der Waals surface area contributed by atoms with Crippen LogP contribution in [0, 0.1) is 13.8 Å². The Kier molecular flexibility index (Phi) is 11.1. The summed E-state index contributed by atoms with van der Waals surface area (Å²) in [5.41, 5.74) is 7.81. The molecular formula is C34H41NO2. The first-order chi connectivity index (χ1) is 18.0. The Morgan fingerprint density at radius 2 is 1.49 bits per heavy atom. The van der Waals surface area contributed by atoms with Gasteiger partial charge in [-0.15, -0.1) is 0 Å². The number of aryl methyl sites for hydroxylation is 3. The van der Waals surface area contributed by atoms with Gasteiger partial charge in [-0.2, -0.15) is 0 Å². The maximum absolute atomic E-state index is 5.79. The SMILES string of the molecule is CC1=CC=C(N2COc3ccccc3C2)C=CC1.CCOc1ccccc1CC.Cc1ccc(C)cc1. The number of fused-ring (bicyclic) bond motifs is 1. The second-order valence-corrected chi connectivity index (χ2v) is 9.34. The zero-order valence-corrected chi connectivity index (χ0v) is 23.0. The van der Waals surface area contributed by atoms with Crippen molar-refractivity contribution in [2.45, 2.75) is 54.0 Å². The van der Waals surface area contributed by atoms with Gasteiger partial charge in [0.2, 0.25) is 0 Å². The van der Waals surface area contributed by atoms with Gasteiger partial charge in [-0.05, 0) is 70.4 Å². The maximum Gasteiger partial charge on any atom is 0.161 e. The molecule has 1 aliphatic carbocycles. The van der Waals surface area contributed by atoms with Crippen LogP contribution in [-0.4, -0.2) is 18.2 Å². The summed E-state index contributed by atoms with van der Waals surface area (Å²) in [7, 11) is 0. The number of benzene rings is 3. The van der Waals surface area contributed by atoms with Crippen molar-refractivity contribution < 1.29 is 9.47 Å². The lowest BCUT2D eigenvalue weighted by atomic mass is 10.1. The van der Waals surface area contributed by atoms with Crippen molar-refractivity contribution in [2.75, 3.05) is 13.3 Å². The van der Waals surface area contributed by atoms with Crippen LogP contribution in [0.15, 0.2) is 108 Å². The highest BCUT2D eigenvalue weighted by Crippen LogP contribution is 2.27. The molecule has 0 saturated heterocycles. The highest BCUT2D eigenvalue weighted by Gasteiger charge is 2.17. The molecule has 0 atom stereocenters. The monoisotopic (exact) mass is 495 g/mol. The quantitative estimate of drug-likeness (QED) is 0.362. The predicted molar refractivity (Wildman–Crippen MR) is 156 cm³/mol. The molecule has 2 aliphatic rings. The highest BCUT2D eigenvalue weighted by molar-refractivity contribution is 5.37. The van der Waals surface area contributed by atoms with E-state index in [4.69, 9.17) is 9.47 Å². The Morgan fingerprint density at radius 1 is 0.811 bits per heavy atom. The van der Waals surface area contributed by atoms with Crippen molar-refractivity contribution in [3.63, 3.8) is 0 Å². The molecule has 37 heavy (non-hydrogen) atoms. The van der Waals surface area contributed by atoms with E-state index in [1.165, 1.54) is 33.5 Å². The molecule has 0 amide bonds. The van der Waals surface area contributed by atoms with Gasteiger partial charge in [-0.25, -0.2) is 0 Å². The molecule has 5 rings (SSSR count). The minimum Gasteiger partial charge on any atom is -0.494 e. The zero-order chi connectivity index (χ0) is 26.5. The molecule has 1 heterocycles. The molecule has 0 N–H and O–H groups in total. The van der Waals surface area contributed by atoms with Crippen LogP contribution in [0.3, 0.4) is 0 Å². The fourth-order valence-corrected chi connectivity index (χ4v) is 4.00. The molecule has 3 aromatic carbocycles. The van der Waals surface area contributed by atoms with Crippen molar-refractivity contribution >= 4 is 0 Å². The van der Waals surface area contributed by atoms with E-state index >= 15 is 0 Å². The first-order valence-corrected chi connectivity index (χ1v) is 13.2. The van der Waals surface area contributed by atoms with Gasteiger partial charge in [0.1, 0.15) is 11.5 Å². The summed E-state index contributed by atoms with van der Waals surface area (Å²) in [4.78, 5) is 2.26. The molecule has 3 aromatic rings. The van der Waals surface area contributed by atoms with Gasteiger partial charge < -0.3 is 14.4 Å². The molecule has 0 radical (unpaired) electrons. The normalized spacial score (nSPS) is 13.8. The molecule has 3 heteroatoms. The van der Waals surface area contributed by atoms with Gasteiger partial charge in [0.25, 0.3) is 0 Å². The van der Waals surface area contributed by atoms with E-state index in [0.29, 0.717) is 6.73 Å². The van der Waals surface area contributed by atoms with Crippen LogP contribution in [0.1, 0.15) is 49.4 Å². The number of para-hydroxylation sites is 2. The summed E-state index contributed by atoms with van der Waals surface area (Å²) < 4.78 is 11.2. The summed E-state index contributed by atoms with van der Waals surface area (Å²) in [6.45, 7) is 12.8. The summed E-state index contributed by atoms with van der Waals surface area (Å²) >= 11 is 0. The number of nitrogens with zero attached hydrogens (tertiary/aromatic N) is 1. The zero-order valence-electron chi connectivity index (χ0n) is 23.0. The predicted octanol–water partition coefficient (Wildman–Crippen LogP) is 8.58. The van der Waals surface area contributed by atoms with Crippen molar-refractivity contribution in [3.05, 3.63) is 131 Å². The Morgan fingerprint density at radius 3 is 2.19 bits per heavy atom. The van der Waals surface area contributed by atoms with E-state index in [1.807, 2.05) is 37.3 Å². The Bertz CT molecular complexity index is 1180. The van der Waals surface area contributed by atoms with E-state index in [0.717, 1.165) is 37.5 Å². The highest BCUT2D eigenvalue weighted by atomic mass is 16.5. The summed E-state index contributed by atoms with van der Waals surface area (Å²) in [5, 5.41) is 0. The molecule has 194 valence electrons. The van der Waals surface area contributed by atoms with E-state index in [-0.39, 0.29) is 0 Å². The average Bonchev–Trinajstić information content (AvgIpc) is 3.16. The molecule has 3 nitrogen and oxygen atoms in total. The van der Waals surface area contributed by atoms with Crippen molar-refractivity contribution in [2.24, 2.45) is 0 Å². The average molecular weight is 496 g/mol. The topological polar surface area (TPSA) is 21.7 Å². The minimum atomic E-state index is 0.625. The number of rotatable bonds is 4. The van der Waals surface area contributed by atoms with E-state index in [2.05, 4.69) is 99.4 Å². The van der Waals surface area contributed by atoms with Gasteiger partial charge in [0.05, 0.1) is 6.61 Å². The second-order valence-electron chi connectivity index (χ2n) is 9.34. The van der Waals surface area contributed by atoms with Gasteiger partial charge in [-0.3, -0.25) is 0 Å².